The summed E-state index contributed by atoms with van der Waals surface area (Å²) in [7, 11) is 0. The Morgan fingerprint density at radius 1 is 0.735 bits per heavy atom. The highest BCUT2D eigenvalue weighted by molar-refractivity contribution is 5.85. The van der Waals surface area contributed by atoms with Crippen molar-refractivity contribution in [3.05, 3.63) is 0 Å². The van der Waals surface area contributed by atoms with Gasteiger partial charge in [-0.3, -0.25) is 4.79 Å². The van der Waals surface area contributed by atoms with Crippen LogP contribution in [0.5, 0.6) is 0 Å². The predicted octanol–water partition coefficient (Wildman–Crippen LogP) is 2.04. The zero-order chi connectivity index (χ0) is 25.3. The third-order valence-corrected chi connectivity index (χ3v) is 6.51. The van der Waals surface area contributed by atoms with E-state index in [1.54, 1.807) is 34.6 Å². The number of hydrogen-bond acceptors (Lipinski definition) is 10. The Kier molecular flexibility index (Phi) is 6.54. The van der Waals surface area contributed by atoms with Crippen LogP contribution in [-0.2, 0) is 42.7 Å². The molecule has 34 heavy (non-hydrogen) atoms. The first-order valence-electron chi connectivity index (χ1n) is 12.0. The molecule has 4 heterocycles. The maximum Gasteiger partial charge on any atom is 0.167 e. The van der Waals surface area contributed by atoms with Crippen molar-refractivity contribution < 1.29 is 47.8 Å². The van der Waals surface area contributed by atoms with Crippen LogP contribution in [0, 0.1) is 0 Å². The molecule has 0 spiro atoms. The number of carbonyl (C=O) groups excluding carboxylic acids is 1. The molecule has 4 rings (SSSR count). The van der Waals surface area contributed by atoms with Gasteiger partial charge in [-0.2, -0.15) is 0 Å². The molecule has 0 radical (unpaired) electrons. The summed E-state index contributed by atoms with van der Waals surface area (Å²) in [5, 5.41) is 11.5. The van der Waals surface area contributed by atoms with Gasteiger partial charge in [0.1, 0.15) is 36.6 Å². The molecule has 0 aromatic heterocycles. The van der Waals surface area contributed by atoms with Crippen molar-refractivity contribution in [3.63, 3.8) is 0 Å². The molecule has 10 nitrogen and oxygen atoms in total. The molecule has 4 fully saturated rings. The lowest BCUT2D eigenvalue weighted by molar-refractivity contribution is -0.178. The molecular weight excluding hydrogens is 448 g/mol. The van der Waals surface area contributed by atoms with E-state index in [-0.39, 0.29) is 18.8 Å². The number of Topliss-reactive ketones (excluding diaryl/α,β-unsaturated/α-hetero) is 1. The number of aliphatic hydroxyl groups is 1. The molecule has 7 atom stereocenters. The molecule has 0 saturated carbocycles. The molecule has 4 saturated heterocycles. The molecule has 0 bridgehead atoms. The van der Waals surface area contributed by atoms with E-state index in [1.165, 1.54) is 0 Å². The van der Waals surface area contributed by atoms with Gasteiger partial charge >= 0.3 is 0 Å². The van der Waals surface area contributed by atoms with Gasteiger partial charge in [-0.1, -0.05) is 0 Å². The number of ether oxygens (including phenoxy) is 8. The molecule has 0 aromatic rings. The molecule has 4 aliphatic rings. The molecule has 10 heteroatoms. The van der Waals surface area contributed by atoms with Crippen molar-refractivity contribution in [2.75, 3.05) is 13.2 Å². The first kappa shape index (κ1) is 26.4. The van der Waals surface area contributed by atoms with Crippen molar-refractivity contribution in [2.24, 2.45) is 0 Å². The predicted molar refractivity (Wildman–Crippen MR) is 118 cm³/mol. The molecule has 196 valence electrons. The van der Waals surface area contributed by atoms with Gasteiger partial charge in [0.25, 0.3) is 0 Å². The van der Waals surface area contributed by atoms with E-state index in [4.69, 9.17) is 37.9 Å². The summed E-state index contributed by atoms with van der Waals surface area (Å²) in [5.74, 6) is -3.80. The summed E-state index contributed by atoms with van der Waals surface area (Å²) in [6.45, 7) is 16.4. The van der Waals surface area contributed by atoms with Crippen LogP contribution in [-0.4, -0.2) is 89.5 Å². The highest BCUT2D eigenvalue weighted by atomic mass is 16.8. The molecule has 0 aromatic carbocycles. The van der Waals surface area contributed by atoms with E-state index < -0.39 is 65.4 Å². The molecule has 1 N–H and O–H groups in total. The van der Waals surface area contributed by atoms with Gasteiger partial charge in [0, 0.05) is 6.42 Å². The number of carbonyl (C=O) groups is 1. The Labute approximate surface area is 201 Å². The van der Waals surface area contributed by atoms with Gasteiger partial charge in [-0.15, -0.1) is 0 Å². The molecule has 0 unspecified atom stereocenters. The van der Waals surface area contributed by atoms with Gasteiger partial charge < -0.3 is 43.0 Å². The zero-order valence-corrected chi connectivity index (χ0v) is 21.7. The fourth-order valence-corrected chi connectivity index (χ4v) is 5.16. The Morgan fingerprint density at radius 3 is 1.71 bits per heavy atom. The van der Waals surface area contributed by atoms with E-state index in [2.05, 4.69) is 0 Å². The molecule has 0 amide bonds. The van der Waals surface area contributed by atoms with Crippen molar-refractivity contribution in [3.8, 4) is 0 Å². The van der Waals surface area contributed by atoms with E-state index in [0.29, 0.717) is 6.61 Å². The first-order chi connectivity index (χ1) is 15.4. The number of ketones is 1. The number of hydrogen-bond donors (Lipinski definition) is 1. The Bertz CT molecular complexity index is 789. The van der Waals surface area contributed by atoms with Gasteiger partial charge in [0.2, 0.25) is 0 Å². The average molecular weight is 489 g/mol. The fourth-order valence-electron chi connectivity index (χ4n) is 5.16. The SMILES string of the molecule is CC1(C)OC[C@@H]([C@@H]2OC(C)(C)O[C@H]2[C@](C)(O)CC(=O)[C@@H]2OC(C)(C)O[C@H]2[C@@H]2COC(C)(C)O2)O1. The lowest BCUT2D eigenvalue weighted by atomic mass is 9.85. The quantitative estimate of drug-likeness (QED) is 0.596. The minimum Gasteiger partial charge on any atom is -0.387 e. The smallest absolute Gasteiger partial charge is 0.167 e. The van der Waals surface area contributed by atoms with Crippen molar-refractivity contribution >= 4 is 5.78 Å². The summed E-state index contributed by atoms with van der Waals surface area (Å²) >= 11 is 0. The van der Waals surface area contributed by atoms with Gasteiger partial charge in [0.15, 0.2) is 28.9 Å². The van der Waals surface area contributed by atoms with Gasteiger partial charge in [-0.05, 0) is 62.3 Å². The van der Waals surface area contributed by atoms with Crippen LogP contribution >= 0.6 is 0 Å². The van der Waals surface area contributed by atoms with E-state index in [9.17, 15) is 9.90 Å². The largest absolute Gasteiger partial charge is 0.387 e. The first-order valence-corrected chi connectivity index (χ1v) is 12.0. The Hall–Kier alpha value is -0.690. The third kappa shape index (κ3) is 5.50. The average Bonchev–Trinajstić information content (AvgIpc) is 3.38. The van der Waals surface area contributed by atoms with E-state index in [0.717, 1.165) is 0 Å². The lowest BCUT2D eigenvalue weighted by Crippen LogP contribution is -2.53. The summed E-state index contributed by atoms with van der Waals surface area (Å²) in [6.07, 6.45) is -4.20. The van der Waals surface area contributed by atoms with Crippen LogP contribution in [0.3, 0.4) is 0 Å². The van der Waals surface area contributed by atoms with E-state index >= 15 is 0 Å². The standard InChI is InChI=1S/C24H40O10/c1-20(2)27-11-14(29-20)17-16(31-22(5,6)32-17)13(25)10-24(9,26)19-18(33-23(7,8)34-19)15-12-28-21(3,4)30-15/h14-19,26H,10-12H2,1-9H3/t14-,15-,16-,17-,18-,19+,24+/m0/s1. The second-order valence-electron chi connectivity index (χ2n) is 11.8. The summed E-state index contributed by atoms with van der Waals surface area (Å²) in [6, 6.07) is 0. The zero-order valence-electron chi connectivity index (χ0n) is 21.7. The van der Waals surface area contributed by atoms with Crippen LogP contribution in [0.4, 0.5) is 0 Å². The molecule has 0 aliphatic carbocycles. The van der Waals surface area contributed by atoms with Crippen LogP contribution in [0.25, 0.3) is 0 Å². The normalized spacial score (nSPS) is 42.1. The maximum atomic E-state index is 13.5. The van der Waals surface area contributed by atoms with Crippen LogP contribution < -0.4 is 0 Å². The molecular formula is C24H40O10. The van der Waals surface area contributed by atoms with Crippen molar-refractivity contribution in [1.82, 2.24) is 0 Å². The second-order valence-corrected chi connectivity index (χ2v) is 11.8. The molecule has 4 aliphatic heterocycles. The van der Waals surface area contributed by atoms with E-state index in [1.807, 2.05) is 27.7 Å². The Balaban J connectivity index is 1.50. The summed E-state index contributed by atoms with van der Waals surface area (Å²) < 4.78 is 47.5. The minimum atomic E-state index is -1.57. The van der Waals surface area contributed by atoms with Gasteiger partial charge in [0.05, 0.1) is 18.8 Å². The lowest BCUT2D eigenvalue weighted by Gasteiger charge is -2.34. The summed E-state index contributed by atoms with van der Waals surface area (Å²) in [5.41, 5.74) is -1.57. The monoisotopic (exact) mass is 488 g/mol. The minimum absolute atomic E-state index is 0.234. The van der Waals surface area contributed by atoms with Crippen molar-refractivity contribution in [1.29, 1.82) is 0 Å². The van der Waals surface area contributed by atoms with Gasteiger partial charge in [-0.25, -0.2) is 0 Å². The second kappa shape index (κ2) is 8.43. The fraction of sp³-hybridized carbons (Fsp3) is 0.958. The number of rotatable bonds is 6. The van der Waals surface area contributed by atoms with Crippen molar-refractivity contribution in [2.45, 2.75) is 134 Å². The topological polar surface area (TPSA) is 111 Å². The van der Waals surface area contributed by atoms with Crippen LogP contribution in [0.15, 0.2) is 0 Å². The van der Waals surface area contributed by atoms with Crippen LogP contribution in [0.1, 0.15) is 68.7 Å². The third-order valence-electron chi connectivity index (χ3n) is 6.51. The van der Waals surface area contributed by atoms with Crippen LogP contribution in [0.2, 0.25) is 0 Å². The summed E-state index contributed by atoms with van der Waals surface area (Å²) in [4.78, 5) is 13.5. The highest BCUT2D eigenvalue weighted by Crippen LogP contribution is 2.42. The Morgan fingerprint density at radius 2 is 1.21 bits per heavy atom. The maximum absolute atomic E-state index is 13.5. The highest BCUT2D eigenvalue weighted by Gasteiger charge is 2.58.